The number of carbonyl (C=O) groups is 2. The molecule has 9 rings (SSSR count). The summed E-state index contributed by atoms with van der Waals surface area (Å²) < 4.78 is 29.7. The van der Waals surface area contributed by atoms with Gasteiger partial charge < -0.3 is 38.8 Å². The number of carbonyl (C=O) groups excluding carboxylic acids is 2. The molecule has 1 N–H and O–H groups in total. The zero-order valence-electron chi connectivity index (χ0n) is 30.4. The zero-order valence-corrected chi connectivity index (χ0v) is 30.4. The third kappa shape index (κ3) is 6.66. The van der Waals surface area contributed by atoms with Crippen molar-refractivity contribution in [3.8, 4) is 28.7 Å². The zero-order chi connectivity index (χ0) is 36.1. The van der Waals surface area contributed by atoms with Crippen molar-refractivity contribution in [2.24, 2.45) is 10.4 Å². The molecule has 2 atom stereocenters. The summed E-state index contributed by atoms with van der Waals surface area (Å²) >= 11 is 0. The van der Waals surface area contributed by atoms with E-state index in [9.17, 15) is 9.59 Å². The van der Waals surface area contributed by atoms with Crippen molar-refractivity contribution in [1.82, 2.24) is 9.80 Å². The predicted molar refractivity (Wildman–Crippen MR) is 201 cm³/mol. The number of benzene rings is 3. The van der Waals surface area contributed by atoms with Crippen molar-refractivity contribution >= 4 is 35.0 Å². The van der Waals surface area contributed by atoms with Gasteiger partial charge in [-0.05, 0) is 98.6 Å². The summed E-state index contributed by atoms with van der Waals surface area (Å²) in [4.78, 5) is 35.9. The van der Waals surface area contributed by atoms with Gasteiger partial charge in [-0.3, -0.25) is 14.6 Å². The summed E-state index contributed by atoms with van der Waals surface area (Å²) in [6.07, 6.45) is 12.8. The Morgan fingerprint density at radius 1 is 0.849 bits per heavy atom. The fourth-order valence-electron chi connectivity index (χ4n) is 8.05. The van der Waals surface area contributed by atoms with Crippen molar-refractivity contribution in [3.63, 3.8) is 0 Å². The summed E-state index contributed by atoms with van der Waals surface area (Å²) in [7, 11) is 3.26. The van der Waals surface area contributed by atoms with Crippen LogP contribution in [0.1, 0.15) is 84.1 Å². The Labute approximate surface area is 309 Å². The highest BCUT2D eigenvalue weighted by Gasteiger charge is 2.53. The second kappa shape index (κ2) is 13.7. The molecule has 53 heavy (non-hydrogen) atoms. The van der Waals surface area contributed by atoms with Crippen LogP contribution in [0.2, 0.25) is 0 Å². The van der Waals surface area contributed by atoms with Gasteiger partial charge in [-0.2, -0.15) is 0 Å². The summed E-state index contributed by atoms with van der Waals surface area (Å²) in [5.74, 6) is 3.20. The van der Waals surface area contributed by atoms with E-state index in [0.29, 0.717) is 65.0 Å². The Kier molecular flexibility index (Phi) is 8.67. The maximum Gasteiger partial charge on any atom is 0.260 e. The number of unbranched alkanes of at least 4 members (excludes halogenated alkanes) is 2. The first kappa shape index (κ1) is 33.6. The van der Waals surface area contributed by atoms with E-state index in [1.807, 2.05) is 64.7 Å². The Morgan fingerprint density at radius 3 is 2.32 bits per heavy atom. The number of methoxy groups -OCH3 is 2. The molecule has 3 aromatic carbocycles. The number of nitrogens with zero attached hydrogens (tertiary/aromatic N) is 3. The van der Waals surface area contributed by atoms with Crippen LogP contribution >= 0.6 is 0 Å². The standard InChI is InChI=1S/C42H46N4O7/c1-49-30-8-6-26(7-9-30)27-16-28-22-43-35-20-38(39(53-31-10-11-31)18-33(35)40(47)45(28)24-27)52-15-5-3-4-14-51-37-19-34-32(17-36(37)50-2)41(48)46-25-42(12-13-42)21-29(46)23-44-34/h6-9,17-20,23-24,28-29,31,43H,3-5,10-16,21-22,25H2,1-2H3/t28-,29-/m0/s1. The predicted octanol–water partition coefficient (Wildman–Crippen LogP) is 7.26. The summed E-state index contributed by atoms with van der Waals surface area (Å²) in [5.41, 5.74) is 5.10. The number of anilines is 1. The van der Waals surface area contributed by atoms with Crippen LogP contribution in [0.3, 0.4) is 0 Å². The van der Waals surface area contributed by atoms with Gasteiger partial charge in [0.05, 0.1) is 68.1 Å². The van der Waals surface area contributed by atoms with Crippen molar-refractivity contribution in [3.05, 3.63) is 71.4 Å². The van der Waals surface area contributed by atoms with Gasteiger partial charge in [0, 0.05) is 37.6 Å². The number of hydrogen-bond acceptors (Lipinski definition) is 9. The highest BCUT2D eigenvalue weighted by Crippen LogP contribution is 2.55. The van der Waals surface area contributed by atoms with Gasteiger partial charge in [-0.15, -0.1) is 0 Å². The molecule has 1 spiro atoms. The highest BCUT2D eigenvalue weighted by molar-refractivity contribution is 6.04. The molecule has 11 nitrogen and oxygen atoms in total. The maximum absolute atomic E-state index is 13.9. The molecule has 4 aliphatic heterocycles. The first-order valence-electron chi connectivity index (χ1n) is 19.0. The number of hydrogen-bond donors (Lipinski definition) is 1. The van der Waals surface area contributed by atoms with Gasteiger partial charge in [-0.25, -0.2) is 0 Å². The molecular formula is C42H46N4O7. The van der Waals surface area contributed by atoms with Crippen LogP contribution in [0.25, 0.3) is 5.57 Å². The van der Waals surface area contributed by atoms with Crippen LogP contribution in [0.5, 0.6) is 28.7 Å². The smallest absolute Gasteiger partial charge is 0.260 e. The molecule has 4 heterocycles. The first-order chi connectivity index (χ1) is 25.9. The van der Waals surface area contributed by atoms with E-state index in [4.69, 9.17) is 28.7 Å². The molecule has 3 fully saturated rings. The van der Waals surface area contributed by atoms with Crippen molar-refractivity contribution in [1.29, 1.82) is 0 Å². The number of ether oxygens (including phenoxy) is 5. The molecule has 0 bridgehead atoms. The van der Waals surface area contributed by atoms with Gasteiger partial charge >= 0.3 is 0 Å². The van der Waals surface area contributed by atoms with Crippen LogP contribution < -0.4 is 29.0 Å². The van der Waals surface area contributed by atoms with Gasteiger partial charge in [0.15, 0.2) is 23.0 Å². The molecule has 6 aliphatic rings. The molecular weight excluding hydrogens is 672 g/mol. The quantitative estimate of drug-likeness (QED) is 0.184. The lowest BCUT2D eigenvalue weighted by Crippen LogP contribution is -2.35. The fourth-order valence-corrected chi connectivity index (χ4v) is 8.05. The van der Waals surface area contributed by atoms with E-state index in [-0.39, 0.29) is 30.0 Å². The molecule has 2 aliphatic carbocycles. The SMILES string of the molecule is COc1ccc(C2=CN3C(=O)c4cc(OC5CC5)c(OCCCCCOc5cc6c(cc5OC)C(=O)N5CC7(CC7)C[C@H]5C=N6)cc4NC[C@@H]3C2)cc1. The number of fused-ring (bicyclic) bond motifs is 4. The monoisotopic (exact) mass is 718 g/mol. The first-order valence-corrected chi connectivity index (χ1v) is 19.0. The van der Waals surface area contributed by atoms with E-state index >= 15 is 0 Å². The average Bonchev–Trinajstić information content (AvgIpc) is 4.09. The summed E-state index contributed by atoms with van der Waals surface area (Å²) in [5, 5.41) is 3.53. The van der Waals surface area contributed by atoms with Crippen molar-refractivity contribution in [2.45, 2.75) is 76.0 Å². The van der Waals surface area contributed by atoms with Crippen LogP contribution in [0.15, 0.2) is 59.7 Å². The lowest BCUT2D eigenvalue weighted by molar-refractivity contribution is 0.0765. The molecule has 276 valence electrons. The number of nitrogens with one attached hydrogen (secondary N) is 1. The van der Waals surface area contributed by atoms with Crippen LogP contribution in [0, 0.1) is 5.41 Å². The third-order valence-corrected chi connectivity index (χ3v) is 11.5. The van der Waals surface area contributed by atoms with Crippen LogP contribution in [-0.2, 0) is 0 Å². The lowest BCUT2D eigenvalue weighted by atomic mass is 10.0. The molecule has 1 saturated heterocycles. The van der Waals surface area contributed by atoms with E-state index in [0.717, 1.165) is 74.1 Å². The molecule has 2 saturated carbocycles. The van der Waals surface area contributed by atoms with Gasteiger partial charge in [0.1, 0.15) is 5.75 Å². The van der Waals surface area contributed by atoms with Gasteiger partial charge in [0.2, 0.25) is 0 Å². The Balaban J connectivity index is 0.807. The van der Waals surface area contributed by atoms with E-state index < -0.39 is 0 Å². The molecule has 0 unspecified atom stereocenters. The minimum Gasteiger partial charge on any atom is -0.497 e. The Hall–Kier alpha value is -5.19. The average molecular weight is 719 g/mol. The normalized spacial score (nSPS) is 21.8. The number of amides is 2. The summed E-state index contributed by atoms with van der Waals surface area (Å²) in [6.45, 7) is 2.45. The van der Waals surface area contributed by atoms with Crippen molar-refractivity contribution < 1.29 is 33.3 Å². The fraction of sp³-hybridized carbons (Fsp3) is 0.452. The molecule has 11 heteroatoms. The summed E-state index contributed by atoms with van der Waals surface area (Å²) in [6, 6.07) is 15.4. The van der Waals surface area contributed by atoms with Crippen LogP contribution in [-0.4, -0.2) is 86.5 Å². The Morgan fingerprint density at radius 2 is 1.60 bits per heavy atom. The van der Waals surface area contributed by atoms with Crippen LogP contribution in [0.4, 0.5) is 11.4 Å². The van der Waals surface area contributed by atoms with E-state index in [2.05, 4.69) is 5.32 Å². The largest absolute Gasteiger partial charge is 0.497 e. The third-order valence-electron chi connectivity index (χ3n) is 11.5. The minimum atomic E-state index is -0.0398. The highest BCUT2D eigenvalue weighted by atomic mass is 16.5. The molecule has 0 radical (unpaired) electrons. The lowest BCUT2D eigenvalue weighted by Gasteiger charge is -2.21. The van der Waals surface area contributed by atoms with E-state index in [1.165, 1.54) is 12.8 Å². The van der Waals surface area contributed by atoms with Crippen molar-refractivity contribution in [2.75, 3.05) is 45.8 Å². The second-order valence-corrected chi connectivity index (χ2v) is 15.3. The van der Waals surface area contributed by atoms with Gasteiger partial charge in [0.25, 0.3) is 11.8 Å². The van der Waals surface area contributed by atoms with Gasteiger partial charge in [-0.1, -0.05) is 12.1 Å². The second-order valence-electron chi connectivity index (χ2n) is 15.3. The molecule has 3 aromatic rings. The van der Waals surface area contributed by atoms with E-state index in [1.54, 1.807) is 20.3 Å². The molecule has 0 aromatic heterocycles. The number of rotatable bonds is 13. The molecule has 2 amide bonds. The minimum absolute atomic E-state index is 0.0138. The number of aliphatic imine (C=N–C) groups is 1. The Bertz CT molecular complexity index is 1980. The topological polar surface area (TPSA) is 111 Å². The maximum atomic E-state index is 13.9.